The zero-order chi connectivity index (χ0) is 22.8. The molecule has 2 atom stereocenters. The van der Waals surface area contributed by atoms with Crippen LogP contribution >= 0.6 is 0 Å². The average Bonchev–Trinajstić information content (AvgIpc) is 2.85. The van der Waals surface area contributed by atoms with E-state index in [1.165, 1.54) is 23.4 Å². The van der Waals surface area contributed by atoms with Crippen molar-refractivity contribution in [2.24, 2.45) is 5.92 Å². The number of piperazine rings is 1. The number of para-hydroxylation sites is 1. The van der Waals surface area contributed by atoms with E-state index in [1.54, 1.807) is 7.11 Å². The highest BCUT2D eigenvalue weighted by Crippen LogP contribution is 2.36. The van der Waals surface area contributed by atoms with Gasteiger partial charge in [-0.1, -0.05) is 36.4 Å². The summed E-state index contributed by atoms with van der Waals surface area (Å²) in [5, 5.41) is 3.12. The molecule has 0 aromatic heterocycles. The SMILES string of the molecule is COc1cccc(NC(=O)[C@@H]2Cc3ccccc3N3CCN(Cc4ccc(F)cc4)C[C@@H]23)c1. The largest absolute Gasteiger partial charge is 0.497 e. The lowest BCUT2D eigenvalue weighted by Crippen LogP contribution is -2.60. The Labute approximate surface area is 193 Å². The van der Waals surface area contributed by atoms with E-state index in [0.717, 1.165) is 37.4 Å². The standard InChI is InChI=1S/C27H28FN3O2/c1-33-23-7-4-6-22(16-23)29-27(32)24-15-20-5-2-3-8-25(20)31-14-13-30(18-26(24)31)17-19-9-11-21(28)12-10-19/h2-12,16,24,26H,13-15,17-18H2,1H3,(H,29,32)/t24-,26+/m1/s1. The molecule has 3 aromatic rings. The first-order valence-electron chi connectivity index (χ1n) is 11.4. The van der Waals surface area contributed by atoms with Crippen molar-refractivity contribution in [3.63, 3.8) is 0 Å². The van der Waals surface area contributed by atoms with Crippen LogP contribution in [0.5, 0.6) is 5.75 Å². The van der Waals surface area contributed by atoms with Gasteiger partial charge in [0.1, 0.15) is 11.6 Å². The summed E-state index contributed by atoms with van der Waals surface area (Å²) >= 11 is 0. The van der Waals surface area contributed by atoms with E-state index in [4.69, 9.17) is 4.74 Å². The third kappa shape index (κ3) is 4.57. The molecule has 2 aliphatic rings. The van der Waals surface area contributed by atoms with E-state index in [-0.39, 0.29) is 23.7 Å². The smallest absolute Gasteiger partial charge is 0.229 e. The van der Waals surface area contributed by atoms with Crippen molar-refractivity contribution in [1.82, 2.24) is 4.90 Å². The van der Waals surface area contributed by atoms with Crippen molar-refractivity contribution in [3.05, 3.63) is 89.7 Å². The second-order valence-electron chi connectivity index (χ2n) is 8.78. The van der Waals surface area contributed by atoms with Crippen molar-refractivity contribution >= 4 is 17.3 Å². The number of methoxy groups -OCH3 is 1. The van der Waals surface area contributed by atoms with Crippen LogP contribution in [0, 0.1) is 11.7 Å². The molecule has 0 aliphatic carbocycles. The predicted octanol–water partition coefficient (Wildman–Crippen LogP) is 4.34. The Morgan fingerprint density at radius 3 is 2.70 bits per heavy atom. The van der Waals surface area contributed by atoms with Gasteiger partial charge in [0.15, 0.2) is 0 Å². The molecule has 1 fully saturated rings. The number of nitrogens with one attached hydrogen (secondary N) is 1. The van der Waals surface area contributed by atoms with Crippen LogP contribution < -0.4 is 15.0 Å². The van der Waals surface area contributed by atoms with Crippen molar-refractivity contribution in [1.29, 1.82) is 0 Å². The van der Waals surface area contributed by atoms with E-state index >= 15 is 0 Å². The Bertz CT molecular complexity index is 1130. The second-order valence-corrected chi connectivity index (χ2v) is 8.78. The molecule has 5 rings (SSSR count). The Kier molecular flexibility index (Phi) is 6.01. The maximum absolute atomic E-state index is 13.5. The highest BCUT2D eigenvalue weighted by molar-refractivity contribution is 5.94. The van der Waals surface area contributed by atoms with Crippen LogP contribution in [-0.4, -0.2) is 43.6 Å². The number of ether oxygens (including phenoxy) is 1. The molecule has 0 unspecified atom stereocenters. The third-order valence-corrected chi connectivity index (χ3v) is 6.70. The summed E-state index contributed by atoms with van der Waals surface area (Å²) in [6.45, 7) is 3.27. The maximum atomic E-state index is 13.5. The molecule has 3 aromatic carbocycles. The number of carbonyl (C=O) groups is 1. The molecule has 1 amide bonds. The van der Waals surface area contributed by atoms with Crippen LogP contribution in [0.25, 0.3) is 0 Å². The minimum atomic E-state index is -0.221. The summed E-state index contributed by atoms with van der Waals surface area (Å²) in [5.74, 6) is 0.340. The molecule has 2 heterocycles. The minimum Gasteiger partial charge on any atom is -0.497 e. The second kappa shape index (κ2) is 9.24. The molecule has 0 spiro atoms. The zero-order valence-electron chi connectivity index (χ0n) is 18.7. The summed E-state index contributed by atoms with van der Waals surface area (Å²) in [6, 6.07) is 22.6. The Balaban J connectivity index is 1.38. The van der Waals surface area contributed by atoms with Crippen LogP contribution in [-0.2, 0) is 17.8 Å². The van der Waals surface area contributed by atoms with E-state index in [2.05, 4.69) is 33.3 Å². The average molecular weight is 446 g/mol. The van der Waals surface area contributed by atoms with Crippen LogP contribution in [0.2, 0.25) is 0 Å². The lowest BCUT2D eigenvalue weighted by Gasteiger charge is -2.49. The van der Waals surface area contributed by atoms with Crippen molar-refractivity contribution in [2.45, 2.75) is 19.0 Å². The molecule has 5 nitrogen and oxygen atoms in total. The lowest BCUT2D eigenvalue weighted by molar-refractivity contribution is -0.121. The van der Waals surface area contributed by atoms with Crippen molar-refractivity contribution < 1.29 is 13.9 Å². The van der Waals surface area contributed by atoms with E-state index in [1.807, 2.05) is 42.5 Å². The number of rotatable bonds is 5. The van der Waals surface area contributed by atoms with E-state index in [9.17, 15) is 9.18 Å². The van der Waals surface area contributed by atoms with Crippen LogP contribution in [0.1, 0.15) is 11.1 Å². The van der Waals surface area contributed by atoms with Gasteiger partial charge >= 0.3 is 0 Å². The molecule has 1 N–H and O–H groups in total. The van der Waals surface area contributed by atoms with Gasteiger partial charge in [-0.15, -0.1) is 0 Å². The number of benzene rings is 3. The highest BCUT2D eigenvalue weighted by Gasteiger charge is 2.41. The number of amides is 1. The van der Waals surface area contributed by atoms with Crippen LogP contribution in [0.3, 0.4) is 0 Å². The minimum absolute atomic E-state index is 0.0244. The van der Waals surface area contributed by atoms with Crippen LogP contribution in [0.15, 0.2) is 72.8 Å². The fourth-order valence-corrected chi connectivity index (χ4v) is 5.04. The van der Waals surface area contributed by atoms with Gasteiger partial charge in [0, 0.05) is 43.6 Å². The Morgan fingerprint density at radius 1 is 1.06 bits per heavy atom. The number of hydrogen-bond acceptors (Lipinski definition) is 4. The number of hydrogen-bond donors (Lipinski definition) is 1. The molecule has 170 valence electrons. The van der Waals surface area contributed by atoms with Crippen LogP contribution in [0.4, 0.5) is 15.8 Å². The van der Waals surface area contributed by atoms with Gasteiger partial charge in [0.05, 0.1) is 19.1 Å². The summed E-state index contributed by atoms with van der Waals surface area (Å²) < 4.78 is 18.6. The lowest BCUT2D eigenvalue weighted by atomic mass is 9.83. The van der Waals surface area contributed by atoms with E-state index < -0.39 is 0 Å². The monoisotopic (exact) mass is 445 g/mol. The number of halogens is 1. The quantitative estimate of drug-likeness (QED) is 0.635. The molecule has 0 bridgehead atoms. The molecule has 33 heavy (non-hydrogen) atoms. The summed E-state index contributed by atoms with van der Waals surface area (Å²) in [6.07, 6.45) is 0.706. The molecule has 1 saturated heterocycles. The topological polar surface area (TPSA) is 44.8 Å². The fraction of sp³-hybridized carbons (Fsp3) is 0.296. The molecule has 0 saturated carbocycles. The number of carbonyl (C=O) groups excluding carboxylic acids is 1. The zero-order valence-corrected chi connectivity index (χ0v) is 18.7. The fourth-order valence-electron chi connectivity index (χ4n) is 5.04. The predicted molar refractivity (Wildman–Crippen MR) is 128 cm³/mol. The molecule has 2 aliphatic heterocycles. The van der Waals surface area contributed by atoms with Crippen molar-refractivity contribution in [2.75, 3.05) is 37.0 Å². The van der Waals surface area contributed by atoms with Gasteiger partial charge in [-0.05, 0) is 47.9 Å². The van der Waals surface area contributed by atoms with Crippen molar-refractivity contribution in [3.8, 4) is 5.75 Å². The highest BCUT2D eigenvalue weighted by atomic mass is 19.1. The van der Waals surface area contributed by atoms with Gasteiger partial charge in [-0.25, -0.2) is 4.39 Å². The number of fused-ring (bicyclic) bond motifs is 3. The first-order valence-corrected chi connectivity index (χ1v) is 11.4. The number of nitrogens with zero attached hydrogens (tertiary/aromatic N) is 2. The normalized spacial score (nSPS) is 20.0. The Hall–Kier alpha value is -3.38. The van der Waals surface area contributed by atoms with E-state index in [0.29, 0.717) is 12.2 Å². The first kappa shape index (κ1) is 21.5. The van der Waals surface area contributed by atoms with Gasteiger partial charge in [0.2, 0.25) is 5.91 Å². The first-order chi connectivity index (χ1) is 16.1. The third-order valence-electron chi connectivity index (χ3n) is 6.70. The number of anilines is 2. The maximum Gasteiger partial charge on any atom is 0.229 e. The van der Waals surface area contributed by atoms with Gasteiger partial charge in [-0.3, -0.25) is 9.69 Å². The Morgan fingerprint density at radius 2 is 1.88 bits per heavy atom. The van der Waals surface area contributed by atoms with Gasteiger partial charge in [0.25, 0.3) is 0 Å². The molecular weight excluding hydrogens is 417 g/mol. The summed E-state index contributed by atoms with van der Waals surface area (Å²) in [4.78, 5) is 18.3. The summed E-state index contributed by atoms with van der Waals surface area (Å²) in [5.41, 5.74) is 4.27. The molecule has 0 radical (unpaired) electrons. The van der Waals surface area contributed by atoms with Gasteiger partial charge in [-0.2, -0.15) is 0 Å². The van der Waals surface area contributed by atoms with Gasteiger partial charge < -0.3 is 15.0 Å². The summed E-state index contributed by atoms with van der Waals surface area (Å²) in [7, 11) is 1.62. The molecular formula is C27H28FN3O2. The molecule has 6 heteroatoms.